The molecule has 0 spiro atoms. The highest BCUT2D eigenvalue weighted by atomic mass is 16.5. The normalized spacial score (nSPS) is 16.5. The maximum absolute atomic E-state index is 12.2. The third kappa shape index (κ3) is 6.15. The maximum atomic E-state index is 12.2. The van der Waals surface area contributed by atoms with Gasteiger partial charge in [0.1, 0.15) is 12.1 Å². The second-order valence-corrected chi connectivity index (χ2v) is 5.65. The summed E-state index contributed by atoms with van der Waals surface area (Å²) >= 11 is 0. The average molecular weight is 311 g/mol. The number of carboxylic acids is 1. The highest BCUT2D eigenvalue weighted by Crippen LogP contribution is 2.27. The third-order valence-corrected chi connectivity index (χ3v) is 3.22. The summed E-state index contributed by atoms with van der Waals surface area (Å²) in [6, 6.07) is -1.19. The zero-order valence-electron chi connectivity index (χ0n) is 12.7. The smallest absolute Gasteiger partial charge is 0.326 e. The highest BCUT2D eigenvalue weighted by molar-refractivity contribution is 6.25. The lowest BCUT2D eigenvalue weighted by molar-refractivity contribution is -0.146. The molecule has 0 heterocycles. The molecule has 2 N–H and O–H groups in total. The molecule has 8 heteroatoms. The summed E-state index contributed by atoms with van der Waals surface area (Å²) in [4.78, 5) is 37.2. The van der Waals surface area contributed by atoms with Crippen LogP contribution in [0.5, 0.6) is 0 Å². The molecule has 0 radical (unpaired) electrons. The van der Waals surface area contributed by atoms with Gasteiger partial charge in [0.2, 0.25) is 11.7 Å². The highest BCUT2D eigenvalue weighted by Gasteiger charge is 2.33. The molecule has 1 fully saturated rings. The van der Waals surface area contributed by atoms with Crippen LogP contribution in [0.4, 0.5) is 0 Å². The molecule has 0 aromatic rings. The predicted molar refractivity (Wildman–Crippen MR) is 76.2 cm³/mol. The van der Waals surface area contributed by atoms with Gasteiger partial charge >= 0.3 is 12.2 Å². The van der Waals surface area contributed by atoms with Crippen LogP contribution in [0.3, 0.4) is 0 Å². The van der Waals surface area contributed by atoms with Gasteiger partial charge in [-0.1, -0.05) is 13.8 Å². The summed E-state index contributed by atoms with van der Waals surface area (Å²) in [5.74, 6) is -2.32. The van der Waals surface area contributed by atoms with E-state index in [0.717, 1.165) is 12.8 Å². The van der Waals surface area contributed by atoms with Gasteiger partial charge in [0.15, 0.2) is 0 Å². The maximum Gasteiger partial charge on any atom is 0.326 e. The van der Waals surface area contributed by atoms with E-state index in [0.29, 0.717) is 6.21 Å². The van der Waals surface area contributed by atoms with Crippen molar-refractivity contribution in [1.29, 1.82) is 0 Å². The minimum absolute atomic E-state index is 0.0729. The summed E-state index contributed by atoms with van der Waals surface area (Å²) in [7, 11) is 0. The number of Topliss-reactive ketones (excluding diaryl/α,β-unsaturated/α-hetero) is 1. The van der Waals surface area contributed by atoms with Crippen LogP contribution in [-0.4, -0.2) is 52.0 Å². The molecule has 122 valence electrons. The van der Waals surface area contributed by atoms with Crippen molar-refractivity contribution in [3.63, 3.8) is 0 Å². The van der Waals surface area contributed by atoms with Crippen LogP contribution in [0, 0.1) is 5.92 Å². The molecule has 0 aromatic carbocycles. The third-order valence-electron chi connectivity index (χ3n) is 3.22. The van der Waals surface area contributed by atoms with Gasteiger partial charge in [-0.25, -0.2) is 4.79 Å². The van der Waals surface area contributed by atoms with Gasteiger partial charge in [0, 0.05) is 6.42 Å². The molecule has 1 aliphatic carbocycles. The number of nitrogens with one attached hydrogen (secondary N) is 1. The summed E-state index contributed by atoms with van der Waals surface area (Å²) in [5.41, 5.74) is 8.23. The van der Waals surface area contributed by atoms with E-state index in [4.69, 9.17) is 15.4 Å². The molecule has 0 saturated heterocycles. The zero-order valence-corrected chi connectivity index (χ0v) is 12.7. The van der Waals surface area contributed by atoms with Crippen molar-refractivity contribution in [3.05, 3.63) is 5.53 Å². The first-order valence-electron chi connectivity index (χ1n) is 7.24. The van der Waals surface area contributed by atoms with Crippen LogP contribution in [0.2, 0.25) is 0 Å². The Kier molecular flexibility index (Phi) is 6.88. The van der Waals surface area contributed by atoms with Crippen LogP contribution in [0.25, 0.3) is 5.53 Å². The van der Waals surface area contributed by atoms with Crippen LogP contribution in [-0.2, 0) is 19.1 Å². The van der Waals surface area contributed by atoms with Crippen molar-refractivity contribution < 1.29 is 29.0 Å². The number of ketones is 1. The first-order valence-corrected chi connectivity index (χ1v) is 7.24. The van der Waals surface area contributed by atoms with Gasteiger partial charge in [-0.15, -0.1) is 0 Å². The van der Waals surface area contributed by atoms with Gasteiger partial charge in [-0.05, 0) is 25.2 Å². The number of carbonyl (C=O) groups excluding carboxylic acids is 2. The number of hydrogen-bond donors (Lipinski definition) is 2. The van der Waals surface area contributed by atoms with Gasteiger partial charge in [-0.3, -0.25) is 9.59 Å². The van der Waals surface area contributed by atoms with E-state index in [-0.39, 0.29) is 24.9 Å². The molecular formula is C14H21N3O5. The summed E-state index contributed by atoms with van der Waals surface area (Å²) in [6.07, 6.45) is 1.67. The molecule has 8 nitrogen and oxygen atoms in total. The van der Waals surface area contributed by atoms with Crippen molar-refractivity contribution in [2.45, 2.75) is 57.8 Å². The average Bonchev–Trinajstić information content (AvgIpc) is 3.24. The van der Waals surface area contributed by atoms with Crippen LogP contribution >= 0.6 is 0 Å². The Morgan fingerprint density at radius 2 is 2.05 bits per heavy atom. The second kappa shape index (κ2) is 8.41. The first kappa shape index (κ1) is 18.0. The predicted octanol–water partition coefficient (Wildman–Crippen LogP) is 0.409. The van der Waals surface area contributed by atoms with Crippen molar-refractivity contribution in [2.24, 2.45) is 5.92 Å². The fraction of sp³-hybridized carbons (Fsp3) is 0.714. The zero-order chi connectivity index (χ0) is 16.7. The van der Waals surface area contributed by atoms with Crippen molar-refractivity contribution in [3.8, 4) is 0 Å². The lowest BCUT2D eigenvalue weighted by Gasteiger charge is -2.23. The number of amides is 1. The Morgan fingerprint density at radius 1 is 1.41 bits per heavy atom. The lowest BCUT2D eigenvalue weighted by Crippen LogP contribution is -2.48. The molecule has 1 saturated carbocycles. The van der Waals surface area contributed by atoms with Crippen molar-refractivity contribution in [1.82, 2.24) is 5.32 Å². The van der Waals surface area contributed by atoms with E-state index in [1.807, 2.05) is 13.8 Å². The quantitative estimate of drug-likeness (QED) is 0.343. The standard InChI is InChI=1S/C14H21N3O5/c1-8(2)12(22-10-4-5-10)13(19)17-11(14(20)21)6-3-9(18)7-16-15/h7-8,10-12H,3-6H2,1-2H3,(H,17,19)(H,20,21). The largest absolute Gasteiger partial charge is 0.480 e. The molecule has 0 aromatic heterocycles. The van der Waals surface area contributed by atoms with E-state index in [1.165, 1.54) is 0 Å². The second-order valence-electron chi connectivity index (χ2n) is 5.65. The summed E-state index contributed by atoms with van der Waals surface area (Å²) < 4.78 is 5.60. The molecule has 2 unspecified atom stereocenters. The van der Waals surface area contributed by atoms with Crippen LogP contribution in [0.1, 0.15) is 39.5 Å². The molecule has 1 rings (SSSR count). The van der Waals surface area contributed by atoms with Gasteiger partial charge in [0.05, 0.1) is 6.10 Å². The SMILES string of the molecule is CC(C)C(OC1CC1)C(=O)NC(CCC(=O)C=[N+]=[N-])C(=O)O. The first-order chi connectivity index (χ1) is 10.3. The minimum Gasteiger partial charge on any atom is -0.480 e. The van der Waals surface area contributed by atoms with Crippen LogP contribution < -0.4 is 5.32 Å². The molecule has 0 aliphatic heterocycles. The summed E-state index contributed by atoms with van der Waals surface area (Å²) in [6.45, 7) is 3.65. The Hall–Kier alpha value is -2.05. The van der Waals surface area contributed by atoms with Crippen LogP contribution in [0.15, 0.2) is 0 Å². The summed E-state index contributed by atoms with van der Waals surface area (Å²) in [5, 5.41) is 11.5. The molecule has 1 amide bonds. The fourth-order valence-electron chi connectivity index (χ4n) is 1.86. The van der Waals surface area contributed by atoms with Gasteiger partial charge < -0.3 is 20.7 Å². The Balaban J connectivity index is 2.59. The Labute approximate surface area is 128 Å². The van der Waals surface area contributed by atoms with E-state index >= 15 is 0 Å². The topological polar surface area (TPSA) is 129 Å². The molecular weight excluding hydrogens is 290 g/mol. The number of nitrogens with zero attached hydrogens (tertiary/aromatic N) is 2. The molecule has 2 atom stereocenters. The monoisotopic (exact) mass is 311 g/mol. The van der Waals surface area contributed by atoms with E-state index < -0.39 is 29.8 Å². The fourth-order valence-corrected chi connectivity index (χ4v) is 1.86. The minimum atomic E-state index is -1.23. The molecule has 0 bridgehead atoms. The lowest BCUT2D eigenvalue weighted by atomic mass is 10.0. The van der Waals surface area contributed by atoms with Crippen molar-refractivity contribution in [2.75, 3.05) is 0 Å². The number of carboxylic acid groups (broad SMARTS) is 1. The van der Waals surface area contributed by atoms with E-state index in [1.54, 1.807) is 0 Å². The van der Waals surface area contributed by atoms with E-state index in [2.05, 4.69) is 10.1 Å². The molecule has 22 heavy (non-hydrogen) atoms. The van der Waals surface area contributed by atoms with E-state index in [9.17, 15) is 14.4 Å². The number of aliphatic carboxylic acids is 1. The van der Waals surface area contributed by atoms with Crippen molar-refractivity contribution >= 4 is 23.9 Å². The van der Waals surface area contributed by atoms with Gasteiger partial charge in [-0.2, -0.15) is 4.79 Å². The number of carbonyl (C=O) groups is 3. The Morgan fingerprint density at radius 3 is 2.50 bits per heavy atom. The Bertz CT molecular complexity index is 481. The number of hydrogen-bond acceptors (Lipinski definition) is 4. The molecule has 1 aliphatic rings. The number of ether oxygens (including phenoxy) is 1. The number of rotatable bonds is 10. The van der Waals surface area contributed by atoms with Gasteiger partial charge in [0.25, 0.3) is 0 Å².